The number of hydrogen-bond acceptors (Lipinski definition) is 5. The Labute approximate surface area is 170 Å². The maximum atomic E-state index is 11.0. The van der Waals surface area contributed by atoms with Gasteiger partial charge < -0.3 is 15.2 Å². The van der Waals surface area contributed by atoms with Gasteiger partial charge in [0.25, 0.3) is 0 Å². The first-order valence-electron chi connectivity index (χ1n) is 9.73. The number of benzene rings is 2. The van der Waals surface area contributed by atoms with Crippen LogP contribution in [0.5, 0.6) is 11.5 Å². The van der Waals surface area contributed by atoms with Gasteiger partial charge in [0.05, 0.1) is 12.6 Å². The van der Waals surface area contributed by atoms with Gasteiger partial charge in [0, 0.05) is 23.3 Å². The molecule has 0 amide bonds. The summed E-state index contributed by atoms with van der Waals surface area (Å²) in [5, 5.41) is 15.3. The Bertz CT molecular complexity index is 1080. The number of phenols is 1. The van der Waals surface area contributed by atoms with E-state index in [4.69, 9.17) is 4.74 Å². The third-order valence-electron chi connectivity index (χ3n) is 4.73. The predicted octanol–water partition coefficient (Wildman–Crippen LogP) is 5.33. The van der Waals surface area contributed by atoms with Crippen molar-refractivity contribution in [1.82, 2.24) is 9.97 Å². The molecule has 0 fully saturated rings. The molecular formula is C24H23N3O2. The summed E-state index contributed by atoms with van der Waals surface area (Å²) in [7, 11) is 0. The standard InChI is InChI=1S/C24H23N3O2/c1-2-16-29-19-11-8-18(9-12-19)22(27-21-7-3-4-14-25-21)20-13-10-17-6-5-15-26-23(17)24(20)28/h3-15,22,28H,2,16H2,1H3,(H,25,27). The highest BCUT2D eigenvalue weighted by Gasteiger charge is 2.20. The lowest BCUT2D eigenvalue weighted by molar-refractivity contribution is 0.317. The van der Waals surface area contributed by atoms with E-state index in [0.29, 0.717) is 12.1 Å². The predicted molar refractivity (Wildman–Crippen MR) is 115 cm³/mol. The normalized spacial score (nSPS) is 11.9. The average Bonchev–Trinajstić information content (AvgIpc) is 2.78. The number of rotatable bonds is 7. The van der Waals surface area contributed by atoms with Crippen molar-refractivity contribution in [2.45, 2.75) is 19.4 Å². The molecule has 0 radical (unpaired) electrons. The number of aromatic hydroxyl groups is 1. The van der Waals surface area contributed by atoms with Gasteiger partial charge in [-0.1, -0.05) is 43.3 Å². The zero-order valence-corrected chi connectivity index (χ0v) is 16.2. The molecule has 5 nitrogen and oxygen atoms in total. The van der Waals surface area contributed by atoms with Gasteiger partial charge in [-0.05, 0) is 42.3 Å². The van der Waals surface area contributed by atoms with Crippen LogP contribution in [0.3, 0.4) is 0 Å². The van der Waals surface area contributed by atoms with E-state index in [-0.39, 0.29) is 11.8 Å². The smallest absolute Gasteiger partial charge is 0.147 e. The molecule has 0 aliphatic carbocycles. The van der Waals surface area contributed by atoms with Crippen LogP contribution in [0.1, 0.15) is 30.5 Å². The molecule has 1 atom stereocenters. The Balaban J connectivity index is 1.75. The molecule has 5 heteroatoms. The Morgan fingerprint density at radius 3 is 2.52 bits per heavy atom. The molecule has 4 aromatic rings. The van der Waals surface area contributed by atoms with E-state index in [0.717, 1.165) is 34.5 Å². The number of pyridine rings is 2. The maximum Gasteiger partial charge on any atom is 0.147 e. The minimum absolute atomic E-state index is 0.169. The number of anilines is 1. The number of fused-ring (bicyclic) bond motifs is 1. The summed E-state index contributed by atoms with van der Waals surface area (Å²) in [6.07, 6.45) is 4.39. The Kier molecular flexibility index (Phi) is 5.56. The van der Waals surface area contributed by atoms with Crippen LogP contribution in [0.2, 0.25) is 0 Å². The number of nitrogens with one attached hydrogen (secondary N) is 1. The van der Waals surface area contributed by atoms with E-state index < -0.39 is 0 Å². The minimum Gasteiger partial charge on any atom is -0.505 e. The van der Waals surface area contributed by atoms with Gasteiger partial charge in [0.1, 0.15) is 22.8 Å². The molecule has 4 rings (SSSR count). The summed E-state index contributed by atoms with van der Waals surface area (Å²) in [6, 6.07) is 21.0. The second kappa shape index (κ2) is 8.61. The van der Waals surface area contributed by atoms with Crippen LogP contribution in [-0.2, 0) is 0 Å². The van der Waals surface area contributed by atoms with Crippen molar-refractivity contribution in [1.29, 1.82) is 0 Å². The maximum absolute atomic E-state index is 11.0. The second-order valence-electron chi connectivity index (χ2n) is 6.79. The first-order valence-corrected chi connectivity index (χ1v) is 9.73. The first-order chi connectivity index (χ1) is 14.3. The van der Waals surface area contributed by atoms with Crippen molar-refractivity contribution in [3.8, 4) is 11.5 Å². The Morgan fingerprint density at radius 2 is 1.76 bits per heavy atom. The molecule has 146 valence electrons. The molecule has 0 saturated heterocycles. The summed E-state index contributed by atoms with van der Waals surface area (Å²) in [4.78, 5) is 8.75. The monoisotopic (exact) mass is 385 g/mol. The molecule has 29 heavy (non-hydrogen) atoms. The van der Waals surface area contributed by atoms with Crippen molar-refractivity contribution in [3.05, 3.63) is 90.3 Å². The van der Waals surface area contributed by atoms with Crippen LogP contribution < -0.4 is 10.1 Å². The molecule has 0 aliphatic rings. The molecular weight excluding hydrogens is 362 g/mol. The molecule has 2 N–H and O–H groups in total. The summed E-state index contributed by atoms with van der Waals surface area (Å²) in [5.74, 6) is 1.73. The quantitative estimate of drug-likeness (QED) is 0.450. The van der Waals surface area contributed by atoms with E-state index in [1.807, 2.05) is 66.7 Å². The lowest BCUT2D eigenvalue weighted by atomic mass is 9.96. The molecule has 0 bridgehead atoms. The van der Waals surface area contributed by atoms with E-state index >= 15 is 0 Å². The van der Waals surface area contributed by atoms with Crippen LogP contribution in [0, 0.1) is 0 Å². The summed E-state index contributed by atoms with van der Waals surface area (Å²) >= 11 is 0. The van der Waals surface area contributed by atoms with Crippen molar-refractivity contribution in [2.75, 3.05) is 11.9 Å². The third kappa shape index (κ3) is 4.14. The minimum atomic E-state index is -0.295. The number of hydrogen-bond donors (Lipinski definition) is 2. The van der Waals surface area contributed by atoms with Gasteiger partial charge >= 0.3 is 0 Å². The summed E-state index contributed by atoms with van der Waals surface area (Å²) in [6.45, 7) is 2.77. The Hall–Kier alpha value is -3.60. The third-order valence-corrected chi connectivity index (χ3v) is 4.73. The highest BCUT2D eigenvalue weighted by Crippen LogP contribution is 2.36. The SMILES string of the molecule is CCCOc1ccc(C(Nc2ccccn2)c2ccc3cccnc3c2O)cc1. The molecule has 2 heterocycles. The van der Waals surface area contributed by atoms with Crippen molar-refractivity contribution >= 4 is 16.7 Å². The largest absolute Gasteiger partial charge is 0.505 e. The zero-order valence-electron chi connectivity index (χ0n) is 16.2. The molecule has 0 spiro atoms. The Morgan fingerprint density at radius 1 is 0.931 bits per heavy atom. The highest BCUT2D eigenvalue weighted by molar-refractivity contribution is 5.86. The molecule has 2 aromatic carbocycles. The topological polar surface area (TPSA) is 67.3 Å². The van der Waals surface area contributed by atoms with Crippen LogP contribution in [0.25, 0.3) is 10.9 Å². The van der Waals surface area contributed by atoms with Gasteiger partial charge in [0.2, 0.25) is 0 Å². The number of nitrogens with zero attached hydrogens (tertiary/aromatic N) is 2. The number of phenolic OH excluding ortho intramolecular Hbond substituents is 1. The summed E-state index contributed by atoms with van der Waals surface area (Å²) in [5.41, 5.74) is 2.31. The lowest BCUT2D eigenvalue weighted by Gasteiger charge is -2.22. The van der Waals surface area contributed by atoms with E-state index in [2.05, 4.69) is 22.2 Å². The van der Waals surface area contributed by atoms with E-state index in [1.54, 1.807) is 12.4 Å². The molecule has 0 aliphatic heterocycles. The zero-order chi connectivity index (χ0) is 20.1. The van der Waals surface area contributed by atoms with Crippen molar-refractivity contribution in [3.63, 3.8) is 0 Å². The van der Waals surface area contributed by atoms with Gasteiger partial charge in [-0.25, -0.2) is 4.98 Å². The van der Waals surface area contributed by atoms with E-state index in [9.17, 15) is 5.11 Å². The molecule has 0 saturated carbocycles. The van der Waals surface area contributed by atoms with Gasteiger partial charge in [0.15, 0.2) is 0 Å². The highest BCUT2D eigenvalue weighted by atomic mass is 16.5. The van der Waals surface area contributed by atoms with Gasteiger partial charge in [-0.15, -0.1) is 0 Å². The lowest BCUT2D eigenvalue weighted by Crippen LogP contribution is -2.13. The molecule has 2 aromatic heterocycles. The average molecular weight is 385 g/mol. The van der Waals surface area contributed by atoms with Crippen molar-refractivity contribution < 1.29 is 9.84 Å². The van der Waals surface area contributed by atoms with Crippen LogP contribution in [0.4, 0.5) is 5.82 Å². The van der Waals surface area contributed by atoms with Crippen LogP contribution in [-0.4, -0.2) is 21.7 Å². The number of ether oxygens (including phenoxy) is 1. The fourth-order valence-corrected chi connectivity index (χ4v) is 3.29. The van der Waals surface area contributed by atoms with Crippen LogP contribution >= 0.6 is 0 Å². The fraction of sp³-hybridized carbons (Fsp3) is 0.167. The summed E-state index contributed by atoms with van der Waals surface area (Å²) < 4.78 is 5.70. The first kappa shape index (κ1) is 18.7. The number of aromatic nitrogens is 2. The molecule has 1 unspecified atom stereocenters. The van der Waals surface area contributed by atoms with Gasteiger partial charge in [-0.2, -0.15) is 0 Å². The van der Waals surface area contributed by atoms with Gasteiger partial charge in [-0.3, -0.25) is 4.98 Å². The second-order valence-corrected chi connectivity index (χ2v) is 6.79. The van der Waals surface area contributed by atoms with Crippen LogP contribution in [0.15, 0.2) is 79.1 Å². The fourth-order valence-electron chi connectivity index (χ4n) is 3.29. The van der Waals surface area contributed by atoms with E-state index in [1.165, 1.54) is 0 Å². The van der Waals surface area contributed by atoms with Crippen molar-refractivity contribution in [2.24, 2.45) is 0 Å².